The minimum Gasteiger partial charge on any atom is -0.508 e. The van der Waals surface area contributed by atoms with E-state index < -0.39 is 0 Å². The van der Waals surface area contributed by atoms with Crippen LogP contribution in [0, 0.1) is 0 Å². The molecule has 3 N–H and O–H groups in total. The number of phenolic OH excluding ortho intramolecular Hbond substituents is 2. The van der Waals surface area contributed by atoms with Crippen LogP contribution in [0.1, 0.15) is 19.4 Å². The van der Waals surface area contributed by atoms with Crippen molar-refractivity contribution >= 4 is 12.0 Å². The van der Waals surface area contributed by atoms with Crippen LogP contribution in [0.25, 0.3) is 0 Å². The van der Waals surface area contributed by atoms with E-state index in [1.54, 1.807) is 12.3 Å². The van der Waals surface area contributed by atoms with Gasteiger partial charge < -0.3 is 15.5 Å². The standard InChI is InChI=1S/C14H18N2O3/c1-10(7-11(2)17)16-6-5-15-9-12-3-4-13(18)8-14(12)19/h3-4,7-9,16,18-19H,5-6H2,1-2H3. The number of carbonyl (C=O) groups is 1. The number of aliphatic imine (C=N–C) groups is 1. The molecule has 1 aromatic carbocycles. The highest BCUT2D eigenvalue weighted by Crippen LogP contribution is 2.20. The number of nitrogens with zero attached hydrogens (tertiary/aromatic N) is 1. The van der Waals surface area contributed by atoms with Crippen LogP contribution in [0.2, 0.25) is 0 Å². The zero-order valence-electron chi connectivity index (χ0n) is 11.1. The highest BCUT2D eigenvalue weighted by Gasteiger charge is 1.98. The van der Waals surface area contributed by atoms with Gasteiger partial charge in [-0.15, -0.1) is 0 Å². The Morgan fingerprint density at radius 3 is 2.74 bits per heavy atom. The van der Waals surface area contributed by atoms with Crippen molar-refractivity contribution in [3.8, 4) is 11.5 Å². The summed E-state index contributed by atoms with van der Waals surface area (Å²) in [7, 11) is 0. The monoisotopic (exact) mass is 262 g/mol. The molecular formula is C14H18N2O3. The molecule has 0 heterocycles. The summed E-state index contributed by atoms with van der Waals surface area (Å²) in [5, 5.41) is 21.7. The first-order chi connectivity index (χ1) is 8.99. The molecule has 0 aliphatic heterocycles. The molecule has 1 aromatic rings. The van der Waals surface area contributed by atoms with Gasteiger partial charge in [-0.1, -0.05) is 0 Å². The minimum absolute atomic E-state index is 0.00233. The zero-order valence-corrected chi connectivity index (χ0v) is 11.1. The molecule has 0 aromatic heterocycles. The molecule has 0 aliphatic rings. The Labute approximate surface area is 112 Å². The van der Waals surface area contributed by atoms with Crippen molar-refractivity contribution in [1.82, 2.24) is 5.32 Å². The van der Waals surface area contributed by atoms with E-state index in [-0.39, 0.29) is 17.3 Å². The zero-order chi connectivity index (χ0) is 14.3. The van der Waals surface area contributed by atoms with E-state index in [4.69, 9.17) is 5.11 Å². The van der Waals surface area contributed by atoms with Gasteiger partial charge in [0.25, 0.3) is 0 Å². The van der Waals surface area contributed by atoms with Gasteiger partial charge in [-0.3, -0.25) is 9.79 Å². The summed E-state index contributed by atoms with van der Waals surface area (Å²) in [6.45, 7) is 4.43. The van der Waals surface area contributed by atoms with E-state index >= 15 is 0 Å². The molecule has 0 bridgehead atoms. The van der Waals surface area contributed by atoms with Gasteiger partial charge in [-0.25, -0.2) is 0 Å². The highest BCUT2D eigenvalue weighted by atomic mass is 16.3. The van der Waals surface area contributed by atoms with Crippen molar-refractivity contribution in [3.63, 3.8) is 0 Å². The molecule has 5 nitrogen and oxygen atoms in total. The van der Waals surface area contributed by atoms with E-state index in [9.17, 15) is 9.90 Å². The molecular weight excluding hydrogens is 244 g/mol. The van der Waals surface area contributed by atoms with Gasteiger partial charge in [0.15, 0.2) is 5.78 Å². The second kappa shape index (κ2) is 7.20. The molecule has 19 heavy (non-hydrogen) atoms. The van der Waals surface area contributed by atoms with Crippen LogP contribution in [0.4, 0.5) is 0 Å². The van der Waals surface area contributed by atoms with Crippen molar-refractivity contribution in [1.29, 1.82) is 0 Å². The Balaban J connectivity index is 2.41. The summed E-state index contributed by atoms with van der Waals surface area (Å²) in [4.78, 5) is 14.9. The predicted molar refractivity (Wildman–Crippen MR) is 74.7 cm³/mol. The van der Waals surface area contributed by atoms with Crippen LogP contribution in [0.5, 0.6) is 11.5 Å². The van der Waals surface area contributed by atoms with Crippen LogP contribution in [0.15, 0.2) is 35.0 Å². The molecule has 0 unspecified atom stereocenters. The first-order valence-electron chi connectivity index (χ1n) is 5.93. The van der Waals surface area contributed by atoms with Gasteiger partial charge in [0.1, 0.15) is 11.5 Å². The molecule has 0 saturated carbocycles. The highest BCUT2D eigenvalue weighted by molar-refractivity contribution is 5.87. The number of phenols is 2. The average Bonchev–Trinajstić information content (AvgIpc) is 2.30. The number of benzene rings is 1. The van der Waals surface area contributed by atoms with Crippen LogP contribution < -0.4 is 5.32 Å². The van der Waals surface area contributed by atoms with E-state index in [2.05, 4.69) is 10.3 Å². The number of nitrogens with one attached hydrogen (secondary N) is 1. The number of aromatic hydroxyl groups is 2. The number of ketones is 1. The van der Waals surface area contributed by atoms with Gasteiger partial charge >= 0.3 is 0 Å². The number of carbonyl (C=O) groups excluding carboxylic acids is 1. The molecule has 0 spiro atoms. The van der Waals surface area contributed by atoms with Gasteiger partial charge in [0.05, 0.1) is 6.54 Å². The fourth-order valence-electron chi connectivity index (χ4n) is 1.48. The number of rotatable bonds is 6. The summed E-state index contributed by atoms with van der Waals surface area (Å²) in [6.07, 6.45) is 3.07. The maximum Gasteiger partial charge on any atom is 0.154 e. The summed E-state index contributed by atoms with van der Waals surface area (Å²) >= 11 is 0. The largest absolute Gasteiger partial charge is 0.508 e. The normalized spacial score (nSPS) is 11.8. The Bertz CT molecular complexity index is 507. The van der Waals surface area contributed by atoms with Crippen molar-refractivity contribution < 1.29 is 15.0 Å². The number of allylic oxidation sites excluding steroid dienone is 2. The lowest BCUT2D eigenvalue weighted by atomic mass is 10.2. The van der Waals surface area contributed by atoms with E-state index in [1.807, 2.05) is 6.92 Å². The molecule has 0 atom stereocenters. The van der Waals surface area contributed by atoms with Gasteiger partial charge in [-0.05, 0) is 32.1 Å². The van der Waals surface area contributed by atoms with Crippen LogP contribution in [-0.4, -0.2) is 35.3 Å². The van der Waals surface area contributed by atoms with E-state index in [1.165, 1.54) is 25.1 Å². The topological polar surface area (TPSA) is 81.9 Å². The Morgan fingerprint density at radius 2 is 2.11 bits per heavy atom. The number of hydrogen-bond donors (Lipinski definition) is 3. The van der Waals surface area contributed by atoms with E-state index in [0.29, 0.717) is 18.7 Å². The Kier molecular flexibility index (Phi) is 5.60. The Hall–Kier alpha value is -2.30. The van der Waals surface area contributed by atoms with Crippen molar-refractivity contribution in [2.24, 2.45) is 4.99 Å². The second-order valence-corrected chi connectivity index (χ2v) is 4.14. The Morgan fingerprint density at radius 1 is 1.37 bits per heavy atom. The lowest BCUT2D eigenvalue weighted by molar-refractivity contribution is -0.112. The molecule has 0 aliphatic carbocycles. The first kappa shape index (κ1) is 14.8. The van der Waals surface area contributed by atoms with Crippen molar-refractivity contribution in [2.75, 3.05) is 13.1 Å². The lowest BCUT2D eigenvalue weighted by Crippen LogP contribution is -2.16. The molecule has 102 valence electrons. The van der Waals surface area contributed by atoms with Crippen LogP contribution in [-0.2, 0) is 4.79 Å². The molecule has 0 fully saturated rings. The summed E-state index contributed by atoms with van der Waals surface area (Å²) in [6, 6.07) is 4.33. The maximum absolute atomic E-state index is 10.8. The van der Waals surface area contributed by atoms with Gasteiger partial charge in [0, 0.05) is 30.1 Å². The summed E-state index contributed by atoms with van der Waals surface area (Å²) < 4.78 is 0. The van der Waals surface area contributed by atoms with E-state index in [0.717, 1.165) is 5.70 Å². The average molecular weight is 262 g/mol. The molecule has 0 saturated heterocycles. The first-order valence-corrected chi connectivity index (χ1v) is 5.93. The fourth-order valence-corrected chi connectivity index (χ4v) is 1.48. The second-order valence-electron chi connectivity index (χ2n) is 4.14. The third-order valence-corrected chi connectivity index (χ3v) is 2.31. The van der Waals surface area contributed by atoms with Crippen LogP contribution in [0.3, 0.4) is 0 Å². The number of hydrogen-bond acceptors (Lipinski definition) is 5. The minimum atomic E-state index is -0.00985. The van der Waals surface area contributed by atoms with Crippen molar-refractivity contribution in [3.05, 3.63) is 35.5 Å². The van der Waals surface area contributed by atoms with Crippen molar-refractivity contribution in [2.45, 2.75) is 13.8 Å². The third kappa shape index (κ3) is 5.72. The smallest absolute Gasteiger partial charge is 0.154 e. The lowest BCUT2D eigenvalue weighted by Gasteiger charge is -2.03. The maximum atomic E-state index is 10.8. The summed E-state index contributed by atoms with van der Waals surface area (Å²) in [5.74, 6) is 0.00759. The molecule has 1 rings (SSSR count). The van der Waals surface area contributed by atoms with Gasteiger partial charge in [-0.2, -0.15) is 0 Å². The van der Waals surface area contributed by atoms with Gasteiger partial charge in [0.2, 0.25) is 0 Å². The molecule has 0 radical (unpaired) electrons. The van der Waals surface area contributed by atoms with Crippen LogP contribution >= 0.6 is 0 Å². The molecule has 5 heteroatoms. The molecule has 0 amide bonds. The fraction of sp³-hybridized carbons (Fsp3) is 0.286. The quantitative estimate of drug-likeness (QED) is 0.413. The predicted octanol–water partition coefficient (Wildman–Crippen LogP) is 1.60. The SMILES string of the molecule is CC(=O)C=C(C)NCCN=Cc1ccc(O)cc1O. The summed E-state index contributed by atoms with van der Waals surface area (Å²) in [5.41, 5.74) is 1.35. The third-order valence-electron chi connectivity index (χ3n) is 2.31.